The average molecular weight is 584 g/mol. The van der Waals surface area contributed by atoms with Crippen molar-refractivity contribution in [2.75, 3.05) is 31.5 Å². The highest BCUT2D eigenvalue weighted by molar-refractivity contribution is 6.02. The van der Waals surface area contributed by atoms with E-state index in [2.05, 4.69) is 20.5 Å². The monoisotopic (exact) mass is 583 g/mol. The number of aryl methyl sites for hydroxylation is 3. The van der Waals surface area contributed by atoms with E-state index in [0.717, 1.165) is 54.0 Å². The lowest BCUT2D eigenvalue weighted by atomic mass is 10.0. The standard InChI is InChI=1S/C34H41N5O4/c1-5-35-33(41)30-20-27-28(21-38(4)34(42)32(27)37-30)24-16-22(2)17-26(18-24)43-25-12-11-23(3)29(19-25)36-31(40)10-9-15-39-13-7-6-8-14-39/h11-12,16-21,37H,5-10,13-15H2,1-4H3,(H,35,41)(H,36,40). The zero-order valence-electron chi connectivity index (χ0n) is 25.5. The third kappa shape index (κ3) is 7.17. The van der Waals surface area contributed by atoms with Crippen LogP contribution >= 0.6 is 0 Å². The number of piperidine rings is 1. The van der Waals surface area contributed by atoms with Crippen LogP contribution in [0, 0.1) is 13.8 Å². The number of pyridine rings is 1. The van der Waals surface area contributed by atoms with Crippen molar-refractivity contribution < 1.29 is 14.3 Å². The largest absolute Gasteiger partial charge is 0.457 e. The minimum absolute atomic E-state index is 0.00676. The molecule has 5 rings (SSSR count). The predicted octanol–water partition coefficient (Wildman–Crippen LogP) is 5.90. The molecule has 1 saturated heterocycles. The van der Waals surface area contributed by atoms with Gasteiger partial charge in [-0.3, -0.25) is 14.4 Å². The fourth-order valence-electron chi connectivity index (χ4n) is 5.70. The quantitative estimate of drug-likeness (QED) is 0.216. The lowest BCUT2D eigenvalue weighted by Gasteiger charge is -2.26. The first-order valence-corrected chi connectivity index (χ1v) is 15.1. The number of aromatic amines is 1. The van der Waals surface area contributed by atoms with E-state index in [0.29, 0.717) is 41.1 Å². The van der Waals surface area contributed by atoms with Crippen LogP contribution in [0.2, 0.25) is 0 Å². The fourth-order valence-corrected chi connectivity index (χ4v) is 5.70. The first-order chi connectivity index (χ1) is 20.7. The number of H-pyrrole nitrogens is 1. The minimum Gasteiger partial charge on any atom is -0.457 e. The third-order valence-electron chi connectivity index (χ3n) is 7.95. The summed E-state index contributed by atoms with van der Waals surface area (Å²) in [6.07, 6.45) is 6.92. The number of rotatable bonds is 10. The molecule has 0 aliphatic carbocycles. The Labute approximate surface area is 252 Å². The van der Waals surface area contributed by atoms with Gasteiger partial charge in [0, 0.05) is 48.9 Å². The zero-order chi connectivity index (χ0) is 30.5. The van der Waals surface area contributed by atoms with E-state index in [9.17, 15) is 14.4 Å². The molecule has 0 saturated carbocycles. The number of hydrogen-bond acceptors (Lipinski definition) is 5. The van der Waals surface area contributed by atoms with E-state index < -0.39 is 0 Å². The molecule has 1 fully saturated rings. The number of ether oxygens (including phenoxy) is 1. The molecule has 3 heterocycles. The normalized spacial score (nSPS) is 13.7. The number of nitrogens with zero attached hydrogens (tertiary/aromatic N) is 2. The summed E-state index contributed by atoms with van der Waals surface area (Å²) in [5.41, 5.74) is 4.84. The van der Waals surface area contributed by atoms with Crippen LogP contribution in [0.25, 0.3) is 22.0 Å². The molecular formula is C34H41N5O4. The third-order valence-corrected chi connectivity index (χ3v) is 7.95. The van der Waals surface area contributed by atoms with Crippen molar-refractivity contribution in [3.05, 3.63) is 75.8 Å². The molecule has 9 heteroatoms. The van der Waals surface area contributed by atoms with Gasteiger partial charge in [-0.1, -0.05) is 18.6 Å². The first kappa shape index (κ1) is 30.1. The number of aromatic nitrogens is 2. The number of carbonyl (C=O) groups excluding carboxylic acids is 2. The van der Waals surface area contributed by atoms with Gasteiger partial charge in [-0.2, -0.15) is 0 Å². The van der Waals surface area contributed by atoms with Crippen molar-refractivity contribution in [1.82, 2.24) is 19.8 Å². The maximum atomic E-state index is 12.9. The molecule has 2 aromatic carbocycles. The lowest BCUT2D eigenvalue weighted by Crippen LogP contribution is -2.31. The summed E-state index contributed by atoms with van der Waals surface area (Å²) in [6.45, 7) is 9.52. The molecule has 2 aromatic heterocycles. The van der Waals surface area contributed by atoms with Crippen LogP contribution in [0.3, 0.4) is 0 Å². The maximum absolute atomic E-state index is 12.9. The molecule has 1 aliphatic heterocycles. The van der Waals surface area contributed by atoms with E-state index in [1.54, 1.807) is 19.3 Å². The van der Waals surface area contributed by atoms with Gasteiger partial charge < -0.3 is 29.8 Å². The molecule has 43 heavy (non-hydrogen) atoms. The average Bonchev–Trinajstić information content (AvgIpc) is 3.43. The Morgan fingerprint density at radius 3 is 2.56 bits per heavy atom. The van der Waals surface area contributed by atoms with Crippen LogP contribution in [0.5, 0.6) is 11.5 Å². The van der Waals surface area contributed by atoms with E-state index >= 15 is 0 Å². The number of carbonyl (C=O) groups is 2. The van der Waals surface area contributed by atoms with Crippen molar-refractivity contribution in [3.8, 4) is 22.6 Å². The Morgan fingerprint density at radius 2 is 1.79 bits per heavy atom. The van der Waals surface area contributed by atoms with Crippen molar-refractivity contribution >= 4 is 28.4 Å². The number of nitrogens with one attached hydrogen (secondary N) is 3. The maximum Gasteiger partial charge on any atom is 0.274 e. The van der Waals surface area contributed by atoms with Crippen molar-refractivity contribution in [2.45, 2.75) is 52.9 Å². The molecule has 4 aromatic rings. The lowest BCUT2D eigenvalue weighted by molar-refractivity contribution is -0.116. The molecule has 0 bridgehead atoms. The molecule has 0 radical (unpaired) electrons. The molecule has 2 amide bonds. The van der Waals surface area contributed by atoms with E-state index in [1.165, 1.54) is 23.8 Å². The van der Waals surface area contributed by atoms with Crippen LogP contribution in [0.4, 0.5) is 5.69 Å². The van der Waals surface area contributed by atoms with Crippen molar-refractivity contribution in [2.24, 2.45) is 7.05 Å². The van der Waals surface area contributed by atoms with E-state index in [1.807, 2.05) is 57.2 Å². The van der Waals surface area contributed by atoms with Gasteiger partial charge >= 0.3 is 0 Å². The molecular weight excluding hydrogens is 542 g/mol. The van der Waals surface area contributed by atoms with Crippen molar-refractivity contribution in [1.29, 1.82) is 0 Å². The highest BCUT2D eigenvalue weighted by Crippen LogP contribution is 2.34. The van der Waals surface area contributed by atoms with E-state index in [4.69, 9.17) is 4.74 Å². The molecule has 9 nitrogen and oxygen atoms in total. The number of benzene rings is 2. The first-order valence-electron chi connectivity index (χ1n) is 15.1. The number of likely N-dealkylation sites (tertiary alicyclic amines) is 1. The number of anilines is 1. The van der Waals surface area contributed by atoms with Crippen LogP contribution < -0.4 is 20.9 Å². The molecule has 0 unspecified atom stereocenters. The SMILES string of the molecule is CCNC(=O)c1cc2c(-c3cc(C)cc(Oc4ccc(C)c(NC(=O)CCCN5CCCCC5)c4)c3)cn(C)c(=O)c2[nH]1. The van der Waals surface area contributed by atoms with Gasteiger partial charge in [0.05, 0.1) is 0 Å². The number of hydrogen-bond donors (Lipinski definition) is 3. The van der Waals surface area contributed by atoms with Crippen LogP contribution in [-0.4, -0.2) is 52.4 Å². The molecule has 0 atom stereocenters. The van der Waals surface area contributed by atoms with Gasteiger partial charge in [0.25, 0.3) is 11.5 Å². The summed E-state index contributed by atoms with van der Waals surface area (Å²) < 4.78 is 7.82. The molecule has 1 aliphatic rings. The van der Waals surface area contributed by atoms with Crippen LogP contribution in [0.15, 0.2) is 53.5 Å². The highest BCUT2D eigenvalue weighted by Gasteiger charge is 2.17. The summed E-state index contributed by atoms with van der Waals surface area (Å²) in [4.78, 5) is 43.6. The Hall–Kier alpha value is -4.37. The summed E-state index contributed by atoms with van der Waals surface area (Å²) in [5.74, 6) is 0.979. The molecule has 0 spiro atoms. The Balaban J connectivity index is 1.35. The van der Waals surface area contributed by atoms with Gasteiger partial charge in [-0.25, -0.2) is 0 Å². The van der Waals surface area contributed by atoms with Gasteiger partial charge in [-0.05, 0) is 101 Å². The van der Waals surface area contributed by atoms with Crippen LogP contribution in [-0.2, 0) is 11.8 Å². The second-order valence-corrected chi connectivity index (χ2v) is 11.5. The number of amides is 2. The van der Waals surface area contributed by atoms with E-state index in [-0.39, 0.29) is 17.4 Å². The predicted molar refractivity (Wildman–Crippen MR) is 171 cm³/mol. The minimum atomic E-state index is -0.260. The Morgan fingerprint density at radius 1 is 1.00 bits per heavy atom. The van der Waals surface area contributed by atoms with Gasteiger partial charge in [0.1, 0.15) is 22.7 Å². The fraction of sp³-hybridized carbons (Fsp3) is 0.382. The molecule has 226 valence electrons. The van der Waals surface area contributed by atoms with Gasteiger partial charge in [0.2, 0.25) is 5.91 Å². The number of fused-ring (bicyclic) bond motifs is 1. The highest BCUT2D eigenvalue weighted by atomic mass is 16.5. The second-order valence-electron chi connectivity index (χ2n) is 11.5. The second kappa shape index (κ2) is 13.3. The van der Waals surface area contributed by atoms with Crippen molar-refractivity contribution in [3.63, 3.8) is 0 Å². The van der Waals surface area contributed by atoms with Gasteiger partial charge in [0.15, 0.2) is 0 Å². The summed E-state index contributed by atoms with van der Waals surface area (Å²) in [5, 5.41) is 6.51. The topological polar surface area (TPSA) is 108 Å². The zero-order valence-corrected chi connectivity index (χ0v) is 25.5. The Bertz CT molecular complexity index is 1700. The smallest absolute Gasteiger partial charge is 0.274 e. The summed E-state index contributed by atoms with van der Waals surface area (Å²) >= 11 is 0. The molecule has 3 N–H and O–H groups in total. The van der Waals surface area contributed by atoms with Crippen LogP contribution in [0.1, 0.15) is 60.6 Å². The summed E-state index contributed by atoms with van der Waals surface area (Å²) in [6, 6.07) is 13.3. The Kier molecular flexibility index (Phi) is 9.31. The summed E-state index contributed by atoms with van der Waals surface area (Å²) in [7, 11) is 1.70. The van der Waals surface area contributed by atoms with Gasteiger partial charge in [-0.15, -0.1) is 0 Å².